The van der Waals surface area contributed by atoms with E-state index >= 15 is 0 Å². The molecule has 1 amide bonds. The molecule has 5 nitrogen and oxygen atoms in total. The molecule has 118 valence electrons. The minimum atomic E-state index is -0.510. The molecule has 0 fully saturated rings. The number of benzene rings is 1. The van der Waals surface area contributed by atoms with Gasteiger partial charge in [0.05, 0.1) is 16.0 Å². The number of nitrogens with one attached hydrogen (secondary N) is 1. The molecule has 7 heteroatoms. The molecule has 0 bridgehead atoms. The van der Waals surface area contributed by atoms with Crippen molar-refractivity contribution in [3.63, 3.8) is 0 Å². The van der Waals surface area contributed by atoms with Crippen LogP contribution in [0.1, 0.15) is 21.1 Å². The van der Waals surface area contributed by atoms with E-state index in [1.807, 2.05) is 0 Å². The average Bonchev–Trinajstić information content (AvgIpc) is 2.84. The number of fused-ring (bicyclic) bond motifs is 1. The van der Waals surface area contributed by atoms with Crippen molar-refractivity contribution in [1.29, 1.82) is 0 Å². The molecule has 0 atom stereocenters. The molecule has 23 heavy (non-hydrogen) atoms. The third-order valence-electron chi connectivity index (χ3n) is 3.72. The molecule has 2 aromatic heterocycles. The Hall–Kier alpha value is -2.54. The summed E-state index contributed by atoms with van der Waals surface area (Å²) in [5.41, 5.74) is 0.476. The first kappa shape index (κ1) is 15.4. The van der Waals surface area contributed by atoms with E-state index in [4.69, 9.17) is 0 Å². The number of halogens is 1. The zero-order valence-corrected chi connectivity index (χ0v) is 13.6. The van der Waals surface area contributed by atoms with Crippen LogP contribution in [-0.2, 0) is 7.05 Å². The van der Waals surface area contributed by atoms with Gasteiger partial charge in [0.2, 0.25) is 0 Å². The molecule has 0 unspecified atom stereocenters. The lowest BCUT2D eigenvalue weighted by molar-refractivity contribution is 0.102. The Balaban J connectivity index is 2.09. The van der Waals surface area contributed by atoms with Gasteiger partial charge in [0, 0.05) is 7.05 Å². The highest BCUT2D eigenvalue weighted by Crippen LogP contribution is 2.28. The van der Waals surface area contributed by atoms with E-state index in [0.717, 1.165) is 11.3 Å². The number of carbonyl (C=O) groups excluding carboxylic acids is 1. The second-order valence-corrected chi connectivity index (χ2v) is 6.19. The maximum atomic E-state index is 13.7. The Kier molecular flexibility index (Phi) is 3.73. The fraction of sp³-hybridized carbons (Fsp3) is 0.188. The first-order valence-electron chi connectivity index (χ1n) is 6.92. The van der Waals surface area contributed by atoms with Crippen molar-refractivity contribution in [3.8, 4) is 0 Å². The molecule has 3 aromatic rings. The Morgan fingerprint density at radius 3 is 2.70 bits per heavy atom. The van der Waals surface area contributed by atoms with Gasteiger partial charge in [-0.05, 0) is 31.5 Å². The first-order chi connectivity index (χ1) is 10.9. The molecule has 0 spiro atoms. The number of aromatic nitrogens is 2. The normalized spacial score (nSPS) is 11.0. The number of thiophene rings is 1. The fourth-order valence-corrected chi connectivity index (χ4v) is 3.44. The van der Waals surface area contributed by atoms with Gasteiger partial charge in [-0.3, -0.25) is 14.2 Å². The third kappa shape index (κ3) is 2.53. The summed E-state index contributed by atoms with van der Waals surface area (Å²) in [4.78, 5) is 30.0. The van der Waals surface area contributed by atoms with Gasteiger partial charge >= 0.3 is 0 Å². The van der Waals surface area contributed by atoms with E-state index in [0.29, 0.717) is 26.5 Å². The summed E-state index contributed by atoms with van der Waals surface area (Å²) in [6.07, 6.45) is 0. The summed E-state index contributed by atoms with van der Waals surface area (Å²) < 4.78 is 15.1. The topological polar surface area (TPSA) is 64.0 Å². The number of hydrogen-bond donors (Lipinski definition) is 1. The van der Waals surface area contributed by atoms with Gasteiger partial charge in [-0.1, -0.05) is 12.1 Å². The fourth-order valence-electron chi connectivity index (χ4n) is 2.32. The molecule has 0 aliphatic carbocycles. The molecular weight excluding hydrogens is 317 g/mol. The number of anilines is 1. The minimum absolute atomic E-state index is 0.103. The standard InChI is InChI=1S/C16H14FN3O2S/c1-8-12-15(18-9(2)20(3)16(12)22)23-13(8)14(21)19-11-7-5-4-6-10(11)17/h4-7H,1-3H3,(H,19,21). The Bertz CT molecular complexity index is 991. The van der Waals surface area contributed by atoms with Crippen molar-refractivity contribution >= 4 is 33.1 Å². The average molecular weight is 331 g/mol. The lowest BCUT2D eigenvalue weighted by atomic mass is 10.2. The minimum Gasteiger partial charge on any atom is -0.319 e. The van der Waals surface area contributed by atoms with E-state index in [2.05, 4.69) is 10.3 Å². The van der Waals surface area contributed by atoms with Crippen LogP contribution in [0.15, 0.2) is 29.1 Å². The number of aryl methyl sites for hydroxylation is 2. The van der Waals surface area contributed by atoms with Crippen LogP contribution in [-0.4, -0.2) is 15.5 Å². The molecule has 1 aromatic carbocycles. The molecule has 0 saturated carbocycles. The quantitative estimate of drug-likeness (QED) is 0.785. The van der Waals surface area contributed by atoms with E-state index in [9.17, 15) is 14.0 Å². The van der Waals surface area contributed by atoms with Crippen LogP contribution in [0.3, 0.4) is 0 Å². The summed E-state index contributed by atoms with van der Waals surface area (Å²) >= 11 is 1.14. The Morgan fingerprint density at radius 2 is 2.00 bits per heavy atom. The Morgan fingerprint density at radius 1 is 1.30 bits per heavy atom. The van der Waals surface area contributed by atoms with Gasteiger partial charge in [-0.2, -0.15) is 0 Å². The second-order valence-electron chi connectivity index (χ2n) is 5.19. The van der Waals surface area contributed by atoms with E-state index in [-0.39, 0.29) is 11.2 Å². The van der Waals surface area contributed by atoms with E-state index < -0.39 is 11.7 Å². The van der Waals surface area contributed by atoms with Gasteiger partial charge in [0.1, 0.15) is 16.5 Å². The molecule has 0 aliphatic heterocycles. The number of amides is 1. The van der Waals surface area contributed by atoms with Gasteiger partial charge in [0.25, 0.3) is 11.5 Å². The van der Waals surface area contributed by atoms with Gasteiger partial charge in [0.15, 0.2) is 0 Å². The largest absolute Gasteiger partial charge is 0.319 e. The molecule has 0 radical (unpaired) electrons. The van der Waals surface area contributed by atoms with Crippen LogP contribution in [0.25, 0.3) is 10.2 Å². The van der Waals surface area contributed by atoms with Gasteiger partial charge in [-0.15, -0.1) is 11.3 Å². The number of nitrogens with zero attached hydrogens (tertiary/aromatic N) is 2. The van der Waals surface area contributed by atoms with Crippen molar-refractivity contribution in [3.05, 3.63) is 56.7 Å². The maximum absolute atomic E-state index is 13.7. The van der Waals surface area contributed by atoms with Crippen molar-refractivity contribution in [2.75, 3.05) is 5.32 Å². The van der Waals surface area contributed by atoms with Gasteiger partial charge in [-0.25, -0.2) is 9.37 Å². The predicted octanol–water partition coefficient (Wildman–Crippen LogP) is 3.00. The van der Waals surface area contributed by atoms with Crippen LogP contribution in [0.4, 0.5) is 10.1 Å². The summed E-state index contributed by atoms with van der Waals surface area (Å²) in [6.45, 7) is 3.43. The second kappa shape index (κ2) is 5.58. The smallest absolute Gasteiger partial charge is 0.266 e. The molecule has 2 heterocycles. The maximum Gasteiger partial charge on any atom is 0.266 e. The van der Waals surface area contributed by atoms with E-state index in [1.54, 1.807) is 33.0 Å². The van der Waals surface area contributed by atoms with Crippen molar-refractivity contribution in [2.45, 2.75) is 13.8 Å². The third-order valence-corrected chi connectivity index (χ3v) is 4.91. The number of rotatable bonds is 2. The number of hydrogen-bond acceptors (Lipinski definition) is 4. The molecular formula is C16H14FN3O2S. The summed E-state index contributed by atoms with van der Waals surface area (Å²) in [6, 6.07) is 5.94. The van der Waals surface area contributed by atoms with Crippen LogP contribution in [0.2, 0.25) is 0 Å². The lowest BCUT2D eigenvalue weighted by Crippen LogP contribution is -2.20. The van der Waals surface area contributed by atoms with Crippen LogP contribution in [0.5, 0.6) is 0 Å². The number of para-hydroxylation sites is 1. The summed E-state index contributed by atoms with van der Waals surface area (Å²) in [7, 11) is 1.64. The van der Waals surface area contributed by atoms with E-state index in [1.165, 1.54) is 16.7 Å². The van der Waals surface area contributed by atoms with Crippen molar-refractivity contribution in [1.82, 2.24) is 9.55 Å². The molecule has 3 rings (SSSR count). The number of carbonyl (C=O) groups is 1. The highest BCUT2D eigenvalue weighted by atomic mass is 32.1. The van der Waals surface area contributed by atoms with Gasteiger partial charge < -0.3 is 5.32 Å². The lowest BCUT2D eigenvalue weighted by Gasteiger charge is -2.05. The molecule has 1 N–H and O–H groups in total. The van der Waals surface area contributed by atoms with Crippen molar-refractivity contribution in [2.24, 2.45) is 7.05 Å². The summed E-state index contributed by atoms with van der Waals surface area (Å²) in [5, 5.41) is 2.97. The monoisotopic (exact) mass is 331 g/mol. The highest BCUT2D eigenvalue weighted by molar-refractivity contribution is 7.20. The molecule has 0 aliphatic rings. The zero-order valence-electron chi connectivity index (χ0n) is 12.8. The van der Waals surface area contributed by atoms with Crippen LogP contribution < -0.4 is 10.9 Å². The molecule has 0 saturated heterocycles. The van der Waals surface area contributed by atoms with Crippen molar-refractivity contribution < 1.29 is 9.18 Å². The first-order valence-corrected chi connectivity index (χ1v) is 7.74. The SMILES string of the molecule is Cc1c(C(=O)Nc2ccccc2F)sc2nc(C)n(C)c(=O)c12. The summed E-state index contributed by atoms with van der Waals surface area (Å²) in [5.74, 6) is -0.385. The predicted molar refractivity (Wildman–Crippen MR) is 88.7 cm³/mol. The highest BCUT2D eigenvalue weighted by Gasteiger charge is 2.20. The Labute approximate surface area is 135 Å². The van der Waals surface area contributed by atoms with Crippen LogP contribution >= 0.6 is 11.3 Å². The zero-order chi connectivity index (χ0) is 16.7. The van der Waals surface area contributed by atoms with Crippen LogP contribution in [0, 0.1) is 19.7 Å².